The van der Waals surface area contributed by atoms with E-state index in [1.54, 1.807) is 48.3 Å². The number of hydrogen-bond acceptors (Lipinski definition) is 4. The standard InChI is InChI=1S/C21H24N2O4/c1-21(2)14-22(20(25)15-6-5-7-18(12-15)27-4)13-19(24)23(21)16-8-10-17(26-3)11-9-16/h5-12H,13-14H2,1-4H3. The molecule has 1 saturated heterocycles. The summed E-state index contributed by atoms with van der Waals surface area (Å²) in [6.45, 7) is 4.38. The van der Waals surface area contributed by atoms with Crippen molar-refractivity contribution in [3.05, 3.63) is 54.1 Å². The fraction of sp³-hybridized carbons (Fsp3) is 0.333. The molecule has 0 aromatic heterocycles. The van der Waals surface area contributed by atoms with Gasteiger partial charge >= 0.3 is 0 Å². The van der Waals surface area contributed by atoms with E-state index in [1.807, 2.05) is 38.1 Å². The summed E-state index contributed by atoms with van der Waals surface area (Å²) in [7, 11) is 3.16. The lowest BCUT2D eigenvalue weighted by molar-refractivity contribution is -0.122. The number of hydrogen-bond donors (Lipinski definition) is 0. The Morgan fingerprint density at radius 2 is 1.67 bits per heavy atom. The van der Waals surface area contributed by atoms with E-state index in [1.165, 1.54) is 0 Å². The number of piperazine rings is 1. The Hall–Kier alpha value is -3.02. The summed E-state index contributed by atoms with van der Waals surface area (Å²) in [5.74, 6) is 1.05. The number of carbonyl (C=O) groups excluding carboxylic acids is 2. The molecule has 1 aliphatic rings. The van der Waals surface area contributed by atoms with Crippen LogP contribution in [-0.4, -0.2) is 49.6 Å². The lowest BCUT2D eigenvalue weighted by atomic mass is 9.96. The monoisotopic (exact) mass is 368 g/mol. The number of nitrogens with zero attached hydrogens (tertiary/aromatic N) is 2. The predicted molar refractivity (Wildman–Crippen MR) is 103 cm³/mol. The first-order valence-electron chi connectivity index (χ1n) is 8.76. The second-order valence-corrected chi connectivity index (χ2v) is 7.13. The Balaban J connectivity index is 1.83. The van der Waals surface area contributed by atoms with Crippen LogP contribution in [0.5, 0.6) is 11.5 Å². The van der Waals surface area contributed by atoms with Crippen molar-refractivity contribution >= 4 is 17.5 Å². The van der Waals surface area contributed by atoms with Crippen molar-refractivity contribution in [3.63, 3.8) is 0 Å². The Labute approximate surface area is 159 Å². The average molecular weight is 368 g/mol. The van der Waals surface area contributed by atoms with E-state index in [2.05, 4.69) is 0 Å². The van der Waals surface area contributed by atoms with Crippen molar-refractivity contribution in [1.29, 1.82) is 0 Å². The zero-order valence-electron chi connectivity index (χ0n) is 16.1. The van der Waals surface area contributed by atoms with Crippen LogP contribution in [0.1, 0.15) is 24.2 Å². The SMILES string of the molecule is COc1ccc(N2C(=O)CN(C(=O)c3cccc(OC)c3)CC2(C)C)cc1. The third-order valence-electron chi connectivity index (χ3n) is 4.69. The van der Waals surface area contributed by atoms with Crippen molar-refractivity contribution in [3.8, 4) is 11.5 Å². The van der Waals surface area contributed by atoms with E-state index in [9.17, 15) is 9.59 Å². The van der Waals surface area contributed by atoms with E-state index in [0.717, 1.165) is 11.4 Å². The van der Waals surface area contributed by atoms with Crippen molar-refractivity contribution in [2.75, 3.05) is 32.2 Å². The van der Waals surface area contributed by atoms with E-state index in [0.29, 0.717) is 17.9 Å². The number of amides is 2. The minimum absolute atomic E-state index is 0.0332. The highest BCUT2D eigenvalue weighted by atomic mass is 16.5. The Morgan fingerprint density at radius 1 is 1.00 bits per heavy atom. The molecule has 0 atom stereocenters. The van der Waals surface area contributed by atoms with Crippen LogP contribution in [0.15, 0.2) is 48.5 Å². The van der Waals surface area contributed by atoms with Gasteiger partial charge in [0.2, 0.25) is 5.91 Å². The number of rotatable bonds is 4. The first kappa shape index (κ1) is 18.8. The molecule has 0 saturated carbocycles. The number of methoxy groups -OCH3 is 2. The maximum Gasteiger partial charge on any atom is 0.254 e. The first-order chi connectivity index (χ1) is 12.9. The van der Waals surface area contributed by atoms with Crippen LogP contribution < -0.4 is 14.4 Å². The number of carbonyl (C=O) groups is 2. The highest BCUT2D eigenvalue weighted by Crippen LogP contribution is 2.31. The molecule has 6 nitrogen and oxygen atoms in total. The molecule has 1 heterocycles. The van der Waals surface area contributed by atoms with Crippen LogP contribution in [0.4, 0.5) is 5.69 Å². The molecule has 3 rings (SSSR count). The molecule has 1 fully saturated rings. The summed E-state index contributed by atoms with van der Waals surface area (Å²) < 4.78 is 10.4. The van der Waals surface area contributed by atoms with Gasteiger partial charge in [-0.2, -0.15) is 0 Å². The third-order valence-corrected chi connectivity index (χ3v) is 4.69. The minimum atomic E-state index is -0.543. The first-order valence-corrected chi connectivity index (χ1v) is 8.76. The van der Waals surface area contributed by atoms with Gasteiger partial charge in [0, 0.05) is 17.8 Å². The van der Waals surface area contributed by atoms with Gasteiger partial charge in [-0.1, -0.05) is 6.07 Å². The van der Waals surface area contributed by atoms with E-state index in [-0.39, 0.29) is 18.4 Å². The zero-order valence-corrected chi connectivity index (χ0v) is 16.1. The topological polar surface area (TPSA) is 59.1 Å². The fourth-order valence-corrected chi connectivity index (χ4v) is 3.47. The predicted octanol–water partition coefficient (Wildman–Crippen LogP) is 2.97. The van der Waals surface area contributed by atoms with Crippen molar-refractivity contribution < 1.29 is 19.1 Å². The molecular formula is C21H24N2O4. The quantitative estimate of drug-likeness (QED) is 0.833. The average Bonchev–Trinajstić information content (AvgIpc) is 2.66. The molecule has 0 spiro atoms. The lowest BCUT2D eigenvalue weighted by Gasteiger charge is -2.46. The van der Waals surface area contributed by atoms with Gasteiger partial charge < -0.3 is 19.3 Å². The largest absolute Gasteiger partial charge is 0.497 e. The van der Waals surface area contributed by atoms with Crippen LogP contribution >= 0.6 is 0 Å². The normalized spacial score (nSPS) is 16.2. The van der Waals surface area contributed by atoms with Crippen LogP contribution in [0.25, 0.3) is 0 Å². The molecule has 0 bridgehead atoms. The highest BCUT2D eigenvalue weighted by Gasteiger charge is 2.41. The lowest BCUT2D eigenvalue weighted by Crippen LogP contribution is -2.63. The van der Waals surface area contributed by atoms with Gasteiger partial charge in [0.25, 0.3) is 5.91 Å². The maximum absolute atomic E-state index is 12.9. The third kappa shape index (κ3) is 3.74. The highest BCUT2D eigenvalue weighted by molar-refractivity contribution is 6.02. The fourth-order valence-electron chi connectivity index (χ4n) is 3.47. The zero-order chi connectivity index (χ0) is 19.6. The van der Waals surface area contributed by atoms with Crippen molar-refractivity contribution in [2.24, 2.45) is 0 Å². The summed E-state index contributed by atoms with van der Waals surface area (Å²) in [5, 5.41) is 0. The molecule has 0 aliphatic carbocycles. The Kier molecular flexibility index (Phi) is 5.08. The minimum Gasteiger partial charge on any atom is -0.497 e. The van der Waals surface area contributed by atoms with Crippen LogP contribution in [0, 0.1) is 0 Å². The molecule has 1 aliphatic heterocycles. The van der Waals surface area contributed by atoms with Gasteiger partial charge in [-0.15, -0.1) is 0 Å². The van der Waals surface area contributed by atoms with Gasteiger partial charge in [-0.3, -0.25) is 9.59 Å². The van der Waals surface area contributed by atoms with Gasteiger partial charge in [0.1, 0.15) is 18.0 Å². The summed E-state index contributed by atoms with van der Waals surface area (Å²) >= 11 is 0. The molecule has 6 heteroatoms. The van der Waals surface area contributed by atoms with Crippen LogP contribution in [0.3, 0.4) is 0 Å². The van der Waals surface area contributed by atoms with E-state index >= 15 is 0 Å². The number of benzene rings is 2. The molecule has 2 amide bonds. The Morgan fingerprint density at radius 3 is 2.26 bits per heavy atom. The van der Waals surface area contributed by atoms with Gasteiger partial charge in [0.05, 0.1) is 19.8 Å². The van der Waals surface area contributed by atoms with Crippen LogP contribution in [0.2, 0.25) is 0 Å². The molecular weight excluding hydrogens is 344 g/mol. The van der Waals surface area contributed by atoms with E-state index in [4.69, 9.17) is 9.47 Å². The molecule has 0 N–H and O–H groups in total. The summed E-state index contributed by atoms with van der Waals surface area (Å²) in [4.78, 5) is 29.2. The summed E-state index contributed by atoms with van der Waals surface area (Å²) in [6, 6.07) is 14.4. The molecule has 2 aromatic carbocycles. The molecule has 142 valence electrons. The summed E-state index contributed by atoms with van der Waals surface area (Å²) in [5.41, 5.74) is 0.758. The van der Waals surface area contributed by atoms with Crippen molar-refractivity contribution in [1.82, 2.24) is 4.90 Å². The second kappa shape index (κ2) is 7.31. The van der Waals surface area contributed by atoms with Gasteiger partial charge in [-0.25, -0.2) is 0 Å². The van der Waals surface area contributed by atoms with Gasteiger partial charge in [0.15, 0.2) is 0 Å². The molecule has 0 unspecified atom stereocenters. The number of ether oxygens (including phenoxy) is 2. The van der Waals surface area contributed by atoms with Crippen LogP contribution in [-0.2, 0) is 4.79 Å². The Bertz CT molecular complexity index is 846. The van der Waals surface area contributed by atoms with Crippen molar-refractivity contribution in [2.45, 2.75) is 19.4 Å². The summed E-state index contributed by atoms with van der Waals surface area (Å²) in [6.07, 6.45) is 0. The second-order valence-electron chi connectivity index (χ2n) is 7.13. The molecule has 0 radical (unpaired) electrons. The smallest absolute Gasteiger partial charge is 0.254 e. The molecule has 2 aromatic rings. The van der Waals surface area contributed by atoms with E-state index < -0.39 is 5.54 Å². The van der Waals surface area contributed by atoms with Gasteiger partial charge in [-0.05, 0) is 56.3 Å². The molecule has 27 heavy (non-hydrogen) atoms. The maximum atomic E-state index is 12.9. The number of anilines is 1.